The van der Waals surface area contributed by atoms with E-state index in [0.29, 0.717) is 45.7 Å². The molecule has 7 nitrogen and oxygen atoms in total. The molecule has 0 spiro atoms. The molecule has 0 N–H and O–H groups in total. The van der Waals surface area contributed by atoms with Gasteiger partial charge < -0.3 is 14.2 Å². The van der Waals surface area contributed by atoms with Crippen LogP contribution in [0, 0.1) is 0 Å². The second kappa shape index (κ2) is 8.52. The molecule has 0 bridgehead atoms. The van der Waals surface area contributed by atoms with Gasteiger partial charge in [-0.1, -0.05) is 30.5 Å². The summed E-state index contributed by atoms with van der Waals surface area (Å²) in [4.78, 5) is 31.7. The van der Waals surface area contributed by atoms with Gasteiger partial charge in [0.1, 0.15) is 6.61 Å². The first-order valence-electron chi connectivity index (χ1n) is 8.76. The highest BCUT2D eigenvalue weighted by Crippen LogP contribution is 2.42. The fourth-order valence-corrected chi connectivity index (χ4v) is 4.21. The molecule has 8 heteroatoms. The Bertz CT molecular complexity index is 877. The van der Waals surface area contributed by atoms with Gasteiger partial charge in [0.2, 0.25) is 5.91 Å². The lowest BCUT2D eigenvalue weighted by atomic mass is 9.94. The number of aliphatic imine (C=N–C) groups is 1. The number of hydrogen-bond donors (Lipinski definition) is 0. The van der Waals surface area contributed by atoms with Gasteiger partial charge in [0.05, 0.1) is 31.5 Å². The fourth-order valence-electron chi connectivity index (χ4n) is 3.21. The molecule has 2 heterocycles. The highest BCUT2D eigenvalue weighted by Gasteiger charge is 2.41. The van der Waals surface area contributed by atoms with Gasteiger partial charge in [-0.15, -0.1) is 0 Å². The third kappa shape index (κ3) is 3.64. The number of amides is 1. The van der Waals surface area contributed by atoms with Crippen LogP contribution in [-0.4, -0.2) is 48.5 Å². The summed E-state index contributed by atoms with van der Waals surface area (Å²) in [5, 5.41) is 0.591. The topological polar surface area (TPSA) is 77.4 Å². The number of carbonyl (C=O) groups is 2. The van der Waals surface area contributed by atoms with Gasteiger partial charge in [0.15, 0.2) is 16.7 Å². The molecule has 28 heavy (non-hydrogen) atoms. The number of methoxy groups -OCH3 is 2. The van der Waals surface area contributed by atoms with E-state index in [1.165, 1.54) is 24.9 Å². The van der Waals surface area contributed by atoms with Gasteiger partial charge in [0, 0.05) is 12.2 Å². The van der Waals surface area contributed by atoms with E-state index in [4.69, 9.17) is 14.2 Å². The molecule has 1 saturated heterocycles. The normalized spacial score (nSPS) is 19.0. The van der Waals surface area contributed by atoms with Crippen molar-refractivity contribution in [3.8, 4) is 11.5 Å². The molecule has 1 aromatic rings. The molecule has 3 rings (SSSR count). The molecule has 1 unspecified atom stereocenters. The van der Waals surface area contributed by atoms with Crippen molar-refractivity contribution in [2.75, 3.05) is 26.6 Å². The maximum absolute atomic E-state index is 12.8. The molecule has 1 atom stereocenters. The SMILES string of the molecule is C=CCOC(=O)C1=C(C)N=C2SCCC(=O)N2C1c1ccc(OC)c(OC)c1. The van der Waals surface area contributed by atoms with Crippen LogP contribution in [-0.2, 0) is 14.3 Å². The maximum atomic E-state index is 12.8. The van der Waals surface area contributed by atoms with E-state index in [2.05, 4.69) is 11.6 Å². The average Bonchev–Trinajstić information content (AvgIpc) is 2.70. The molecule has 0 saturated carbocycles. The number of hydrogen-bond acceptors (Lipinski definition) is 7. The predicted octanol–water partition coefficient (Wildman–Crippen LogP) is 3.08. The second-order valence-corrected chi connectivity index (χ2v) is 7.22. The minimum Gasteiger partial charge on any atom is -0.493 e. The van der Waals surface area contributed by atoms with Crippen molar-refractivity contribution in [2.45, 2.75) is 19.4 Å². The van der Waals surface area contributed by atoms with Gasteiger partial charge >= 0.3 is 5.97 Å². The van der Waals surface area contributed by atoms with Crippen LogP contribution >= 0.6 is 11.8 Å². The van der Waals surface area contributed by atoms with Crippen LogP contribution in [0.2, 0.25) is 0 Å². The summed E-state index contributed by atoms with van der Waals surface area (Å²) in [5.41, 5.74) is 1.57. The summed E-state index contributed by atoms with van der Waals surface area (Å²) in [6.45, 7) is 5.40. The fraction of sp³-hybridized carbons (Fsp3) is 0.350. The summed E-state index contributed by atoms with van der Waals surface area (Å²) in [6.07, 6.45) is 1.88. The third-order valence-electron chi connectivity index (χ3n) is 4.48. The zero-order valence-electron chi connectivity index (χ0n) is 16.1. The summed E-state index contributed by atoms with van der Waals surface area (Å²) < 4.78 is 16.0. The van der Waals surface area contributed by atoms with Crippen LogP contribution in [0.5, 0.6) is 11.5 Å². The van der Waals surface area contributed by atoms with Crippen LogP contribution in [0.1, 0.15) is 24.9 Å². The van der Waals surface area contributed by atoms with Gasteiger partial charge in [-0.3, -0.25) is 9.69 Å². The molecule has 1 aromatic carbocycles. The summed E-state index contributed by atoms with van der Waals surface area (Å²) in [6, 6.07) is 4.69. The lowest BCUT2D eigenvalue weighted by Crippen LogP contribution is -2.45. The van der Waals surface area contributed by atoms with Crippen LogP contribution in [0.4, 0.5) is 0 Å². The van der Waals surface area contributed by atoms with Crippen LogP contribution < -0.4 is 9.47 Å². The predicted molar refractivity (Wildman–Crippen MR) is 107 cm³/mol. The Morgan fingerprint density at radius 1 is 1.36 bits per heavy atom. The zero-order chi connectivity index (χ0) is 20.3. The molecule has 0 aliphatic carbocycles. The Morgan fingerprint density at radius 2 is 2.11 bits per heavy atom. The van der Waals surface area contributed by atoms with E-state index in [9.17, 15) is 9.59 Å². The van der Waals surface area contributed by atoms with Gasteiger partial charge in [-0.2, -0.15) is 0 Å². The largest absolute Gasteiger partial charge is 0.493 e. The Labute approximate surface area is 168 Å². The number of esters is 1. The summed E-state index contributed by atoms with van der Waals surface area (Å²) in [7, 11) is 3.09. The monoisotopic (exact) mass is 402 g/mol. The number of ether oxygens (including phenoxy) is 3. The molecule has 2 aliphatic rings. The third-order valence-corrected chi connectivity index (χ3v) is 5.44. The Kier molecular flexibility index (Phi) is 6.08. The minimum absolute atomic E-state index is 0.0769. The number of benzene rings is 1. The summed E-state index contributed by atoms with van der Waals surface area (Å²) in [5.74, 6) is 1.13. The molecule has 148 valence electrons. The number of fused-ring (bicyclic) bond motifs is 1. The van der Waals surface area contributed by atoms with Crippen LogP contribution in [0.3, 0.4) is 0 Å². The van der Waals surface area contributed by atoms with E-state index in [0.717, 1.165) is 0 Å². The lowest BCUT2D eigenvalue weighted by molar-refractivity contribution is -0.139. The van der Waals surface area contributed by atoms with Gasteiger partial charge in [-0.25, -0.2) is 9.79 Å². The molecular formula is C20H22N2O5S. The first-order valence-corrected chi connectivity index (χ1v) is 9.74. The number of allylic oxidation sites excluding steroid dienone is 1. The average molecular weight is 402 g/mol. The van der Waals surface area contributed by atoms with Crippen molar-refractivity contribution in [2.24, 2.45) is 4.99 Å². The van der Waals surface area contributed by atoms with E-state index in [-0.39, 0.29) is 12.5 Å². The van der Waals surface area contributed by atoms with E-state index in [1.807, 2.05) is 6.07 Å². The van der Waals surface area contributed by atoms with Crippen LogP contribution in [0.25, 0.3) is 0 Å². The van der Waals surface area contributed by atoms with Crippen molar-refractivity contribution in [1.82, 2.24) is 4.90 Å². The standard InChI is InChI=1S/C20H22N2O5S/c1-5-9-27-19(24)17-12(2)21-20-22(16(23)8-10-28-20)18(17)13-6-7-14(25-3)15(11-13)26-4/h5-7,11,18H,1,8-10H2,2-4H3. The molecular weight excluding hydrogens is 380 g/mol. The molecule has 0 radical (unpaired) electrons. The van der Waals surface area contributed by atoms with Crippen molar-refractivity contribution >= 4 is 28.8 Å². The number of rotatable bonds is 6. The Balaban J connectivity index is 2.14. The van der Waals surface area contributed by atoms with E-state index in [1.54, 1.807) is 31.1 Å². The van der Waals surface area contributed by atoms with Crippen molar-refractivity contribution in [3.63, 3.8) is 0 Å². The molecule has 2 aliphatic heterocycles. The molecule has 1 fully saturated rings. The maximum Gasteiger partial charge on any atom is 0.338 e. The zero-order valence-corrected chi connectivity index (χ0v) is 16.9. The van der Waals surface area contributed by atoms with Crippen molar-refractivity contribution in [1.29, 1.82) is 0 Å². The number of nitrogens with zero attached hydrogens (tertiary/aromatic N) is 2. The second-order valence-electron chi connectivity index (χ2n) is 6.16. The Morgan fingerprint density at radius 3 is 2.79 bits per heavy atom. The number of thioether (sulfide) groups is 1. The van der Waals surface area contributed by atoms with Crippen LogP contribution in [0.15, 0.2) is 47.1 Å². The highest BCUT2D eigenvalue weighted by molar-refractivity contribution is 8.14. The first kappa shape index (κ1) is 20.0. The summed E-state index contributed by atoms with van der Waals surface area (Å²) >= 11 is 1.50. The quantitative estimate of drug-likeness (QED) is 0.538. The van der Waals surface area contributed by atoms with Crippen molar-refractivity contribution < 1.29 is 23.8 Å². The molecule has 1 amide bonds. The Hall–Kier alpha value is -2.74. The lowest BCUT2D eigenvalue weighted by Gasteiger charge is -2.39. The minimum atomic E-state index is -0.648. The first-order chi connectivity index (χ1) is 13.5. The number of carbonyl (C=O) groups excluding carboxylic acids is 2. The number of amidine groups is 1. The van der Waals surface area contributed by atoms with E-state index >= 15 is 0 Å². The van der Waals surface area contributed by atoms with E-state index < -0.39 is 12.0 Å². The van der Waals surface area contributed by atoms with Gasteiger partial charge in [0.25, 0.3) is 0 Å². The molecule has 0 aromatic heterocycles. The van der Waals surface area contributed by atoms with Crippen molar-refractivity contribution in [3.05, 3.63) is 47.7 Å². The smallest absolute Gasteiger partial charge is 0.338 e. The van der Waals surface area contributed by atoms with Gasteiger partial charge in [-0.05, 0) is 24.6 Å². The highest BCUT2D eigenvalue weighted by atomic mass is 32.2.